The number of morpholine rings is 1. The third kappa shape index (κ3) is 3.23. The summed E-state index contributed by atoms with van der Waals surface area (Å²) in [7, 11) is 1.85. The monoisotopic (exact) mass is 371 g/mol. The minimum absolute atomic E-state index is 0.254. The van der Waals surface area contributed by atoms with Gasteiger partial charge >= 0.3 is 0 Å². The predicted molar refractivity (Wildman–Crippen MR) is 101 cm³/mol. The molecule has 0 spiro atoms. The highest BCUT2D eigenvalue weighted by Crippen LogP contribution is 2.22. The summed E-state index contributed by atoms with van der Waals surface area (Å²) in [6.45, 7) is 3.00. The van der Waals surface area contributed by atoms with Crippen LogP contribution >= 0.6 is 11.6 Å². The van der Waals surface area contributed by atoms with E-state index in [-0.39, 0.29) is 5.91 Å². The number of pyridine rings is 1. The number of rotatable bonds is 3. The zero-order chi connectivity index (χ0) is 18.1. The molecule has 0 aliphatic carbocycles. The number of anilines is 2. The first-order valence-electron chi connectivity index (χ1n) is 8.34. The number of hydrogen-bond acceptors (Lipinski definition) is 5. The Hall–Kier alpha value is -2.64. The first kappa shape index (κ1) is 16.8. The lowest BCUT2D eigenvalue weighted by Crippen LogP contribution is -2.36. The number of hydrogen-bond donors (Lipinski definition) is 1. The topological polar surface area (TPSA) is 72.3 Å². The van der Waals surface area contributed by atoms with Crippen molar-refractivity contribution in [2.24, 2.45) is 7.05 Å². The summed E-state index contributed by atoms with van der Waals surface area (Å²) in [4.78, 5) is 23.5. The fourth-order valence-corrected chi connectivity index (χ4v) is 3.12. The van der Waals surface area contributed by atoms with Gasteiger partial charge in [0.05, 0.1) is 29.8 Å². The lowest BCUT2D eigenvalue weighted by molar-refractivity contribution is 0.102. The Bertz CT molecular complexity index is 948. The van der Waals surface area contributed by atoms with E-state index in [0.29, 0.717) is 29.7 Å². The second-order valence-electron chi connectivity index (χ2n) is 6.09. The highest BCUT2D eigenvalue weighted by Gasteiger charge is 2.15. The van der Waals surface area contributed by atoms with Gasteiger partial charge in [-0.3, -0.25) is 10.1 Å². The first-order chi connectivity index (χ1) is 12.6. The van der Waals surface area contributed by atoms with Gasteiger partial charge in [-0.25, -0.2) is 9.97 Å². The number of ether oxygens (including phenoxy) is 1. The Kier molecular flexibility index (Phi) is 4.48. The quantitative estimate of drug-likeness (QED) is 0.766. The number of benzene rings is 1. The minimum Gasteiger partial charge on any atom is -0.378 e. The summed E-state index contributed by atoms with van der Waals surface area (Å²) < 4.78 is 7.16. The number of nitrogens with zero attached hydrogens (tertiary/aromatic N) is 4. The molecule has 2 aromatic heterocycles. The van der Waals surface area contributed by atoms with Gasteiger partial charge in [0.2, 0.25) is 5.95 Å². The van der Waals surface area contributed by atoms with E-state index in [2.05, 4.69) is 20.2 Å². The van der Waals surface area contributed by atoms with Gasteiger partial charge < -0.3 is 14.2 Å². The molecular weight excluding hydrogens is 354 g/mol. The molecule has 0 bridgehead atoms. The Morgan fingerprint density at radius 1 is 1.23 bits per heavy atom. The number of nitrogens with one attached hydrogen (secondary N) is 1. The molecule has 0 radical (unpaired) electrons. The molecule has 1 N–H and O–H groups in total. The maximum atomic E-state index is 12.5. The van der Waals surface area contributed by atoms with Gasteiger partial charge in [0.1, 0.15) is 5.82 Å². The second kappa shape index (κ2) is 6.93. The van der Waals surface area contributed by atoms with Gasteiger partial charge in [0.15, 0.2) is 0 Å². The molecular formula is C18H18ClN5O2. The normalized spacial score (nSPS) is 14.6. The van der Waals surface area contributed by atoms with E-state index in [1.165, 1.54) is 0 Å². The largest absolute Gasteiger partial charge is 0.378 e. The van der Waals surface area contributed by atoms with E-state index in [1.54, 1.807) is 24.4 Å². The van der Waals surface area contributed by atoms with Crippen LogP contribution in [0.5, 0.6) is 0 Å². The third-order valence-corrected chi connectivity index (χ3v) is 4.65. The number of carbonyl (C=O) groups excluding carboxylic acids is 1. The fourth-order valence-electron chi connectivity index (χ4n) is 2.96. The molecule has 1 fully saturated rings. The van der Waals surface area contributed by atoms with Crippen LogP contribution in [0.1, 0.15) is 10.4 Å². The van der Waals surface area contributed by atoms with Gasteiger partial charge in [-0.05, 0) is 30.3 Å². The summed E-state index contributed by atoms with van der Waals surface area (Å²) in [5.74, 6) is 1.06. The Labute approximate surface area is 155 Å². The average Bonchev–Trinajstić information content (AvgIpc) is 2.97. The van der Waals surface area contributed by atoms with Crippen molar-refractivity contribution >= 4 is 40.3 Å². The zero-order valence-corrected chi connectivity index (χ0v) is 15.0. The SMILES string of the molecule is Cn1c(NC(=O)c2ccc(N3CCOCC3)nc2)nc2cc(Cl)ccc21. The molecule has 0 saturated carbocycles. The number of aromatic nitrogens is 3. The van der Waals surface area contributed by atoms with Gasteiger partial charge in [0, 0.05) is 31.4 Å². The molecule has 0 unspecified atom stereocenters. The van der Waals surface area contributed by atoms with E-state index in [4.69, 9.17) is 16.3 Å². The van der Waals surface area contributed by atoms with E-state index in [1.807, 2.05) is 23.7 Å². The molecule has 4 rings (SSSR count). The van der Waals surface area contributed by atoms with E-state index in [0.717, 1.165) is 29.9 Å². The van der Waals surface area contributed by atoms with Crippen molar-refractivity contribution in [3.8, 4) is 0 Å². The standard InChI is InChI=1S/C18H18ClN5O2/c1-23-15-4-3-13(19)10-14(15)21-18(23)22-17(25)12-2-5-16(20-11-12)24-6-8-26-9-7-24/h2-5,10-11H,6-9H2,1H3,(H,21,22,25). The van der Waals surface area contributed by atoms with Crippen molar-refractivity contribution in [2.75, 3.05) is 36.5 Å². The van der Waals surface area contributed by atoms with Crippen LogP contribution in [0.15, 0.2) is 36.5 Å². The number of amides is 1. The number of aryl methyl sites for hydroxylation is 1. The molecule has 1 saturated heterocycles. The highest BCUT2D eigenvalue weighted by molar-refractivity contribution is 6.31. The van der Waals surface area contributed by atoms with Crippen LogP contribution < -0.4 is 10.2 Å². The highest BCUT2D eigenvalue weighted by atomic mass is 35.5. The van der Waals surface area contributed by atoms with E-state index < -0.39 is 0 Å². The van der Waals surface area contributed by atoms with Gasteiger partial charge in [-0.2, -0.15) is 0 Å². The number of halogens is 1. The summed E-state index contributed by atoms with van der Waals surface area (Å²) in [5, 5.41) is 3.44. The minimum atomic E-state index is -0.254. The molecule has 1 aliphatic rings. The van der Waals surface area contributed by atoms with Gasteiger partial charge in [-0.1, -0.05) is 11.6 Å². The molecule has 3 heterocycles. The molecule has 3 aromatic rings. The Morgan fingerprint density at radius 3 is 2.77 bits per heavy atom. The number of imidazole rings is 1. The first-order valence-corrected chi connectivity index (χ1v) is 8.72. The van der Waals surface area contributed by atoms with E-state index >= 15 is 0 Å². The summed E-state index contributed by atoms with van der Waals surface area (Å²) in [6, 6.07) is 9.07. The van der Waals surface area contributed by atoms with Crippen LogP contribution in [-0.4, -0.2) is 46.7 Å². The van der Waals surface area contributed by atoms with Crippen molar-refractivity contribution < 1.29 is 9.53 Å². The lowest BCUT2D eigenvalue weighted by atomic mass is 10.2. The third-order valence-electron chi connectivity index (χ3n) is 4.41. The van der Waals surface area contributed by atoms with Gasteiger partial charge in [0.25, 0.3) is 5.91 Å². The molecule has 26 heavy (non-hydrogen) atoms. The van der Waals surface area contributed by atoms with Crippen LogP contribution in [-0.2, 0) is 11.8 Å². The number of carbonyl (C=O) groups is 1. The molecule has 1 amide bonds. The summed E-state index contributed by atoms with van der Waals surface area (Å²) >= 11 is 6.00. The van der Waals surface area contributed by atoms with Crippen molar-refractivity contribution in [1.29, 1.82) is 0 Å². The molecule has 1 aliphatic heterocycles. The average molecular weight is 372 g/mol. The lowest BCUT2D eigenvalue weighted by Gasteiger charge is -2.27. The van der Waals surface area contributed by atoms with Crippen molar-refractivity contribution in [3.05, 3.63) is 47.1 Å². The van der Waals surface area contributed by atoms with Crippen molar-refractivity contribution in [2.45, 2.75) is 0 Å². The smallest absolute Gasteiger partial charge is 0.259 e. The summed E-state index contributed by atoms with van der Waals surface area (Å²) in [5.41, 5.74) is 2.11. The predicted octanol–water partition coefficient (Wildman–Crippen LogP) is 2.71. The van der Waals surface area contributed by atoms with Crippen molar-refractivity contribution in [3.63, 3.8) is 0 Å². The summed E-state index contributed by atoms with van der Waals surface area (Å²) in [6.07, 6.45) is 1.58. The maximum Gasteiger partial charge on any atom is 0.259 e. The van der Waals surface area contributed by atoms with Crippen molar-refractivity contribution in [1.82, 2.24) is 14.5 Å². The molecule has 134 valence electrons. The van der Waals surface area contributed by atoms with Crippen LogP contribution in [0.4, 0.5) is 11.8 Å². The van der Waals surface area contributed by atoms with Crippen LogP contribution in [0.3, 0.4) is 0 Å². The van der Waals surface area contributed by atoms with Crippen LogP contribution in [0.25, 0.3) is 11.0 Å². The van der Waals surface area contributed by atoms with Crippen LogP contribution in [0.2, 0.25) is 5.02 Å². The fraction of sp³-hybridized carbons (Fsp3) is 0.278. The number of fused-ring (bicyclic) bond motifs is 1. The van der Waals surface area contributed by atoms with Gasteiger partial charge in [-0.15, -0.1) is 0 Å². The molecule has 7 nitrogen and oxygen atoms in total. The van der Waals surface area contributed by atoms with Crippen LogP contribution in [0, 0.1) is 0 Å². The molecule has 0 atom stereocenters. The Morgan fingerprint density at radius 2 is 2.04 bits per heavy atom. The molecule has 1 aromatic carbocycles. The Balaban J connectivity index is 1.52. The zero-order valence-electron chi connectivity index (χ0n) is 14.3. The molecule has 8 heteroatoms. The second-order valence-corrected chi connectivity index (χ2v) is 6.52. The van der Waals surface area contributed by atoms with E-state index in [9.17, 15) is 4.79 Å². The maximum absolute atomic E-state index is 12.5.